The fraction of sp³-hybridized carbons (Fsp3) is 0.333. The van der Waals surface area contributed by atoms with Crippen molar-refractivity contribution in [1.82, 2.24) is 9.13 Å². The van der Waals surface area contributed by atoms with E-state index in [2.05, 4.69) is 0 Å². The van der Waals surface area contributed by atoms with Gasteiger partial charge in [0.05, 0.1) is 25.9 Å². The molecular formula is C24H26N2O5. The summed E-state index contributed by atoms with van der Waals surface area (Å²) < 4.78 is 14.6. The summed E-state index contributed by atoms with van der Waals surface area (Å²) in [5.41, 5.74) is 1.58. The summed E-state index contributed by atoms with van der Waals surface area (Å²) in [5.74, 6) is 0. The Balaban J connectivity index is 1.57. The smallest absolute Gasteiger partial charge is 0.333 e. The molecule has 31 heavy (non-hydrogen) atoms. The van der Waals surface area contributed by atoms with Crippen LogP contribution in [-0.4, -0.2) is 33.1 Å². The van der Waals surface area contributed by atoms with E-state index < -0.39 is 18.0 Å². The van der Waals surface area contributed by atoms with Crippen LogP contribution in [0.2, 0.25) is 0 Å². The molecule has 3 aromatic rings. The lowest BCUT2D eigenvalue weighted by Crippen LogP contribution is -2.42. The number of benzene rings is 2. The van der Waals surface area contributed by atoms with Gasteiger partial charge >= 0.3 is 5.69 Å². The van der Waals surface area contributed by atoms with Crippen LogP contribution in [0.15, 0.2) is 76.4 Å². The molecule has 0 bridgehead atoms. The van der Waals surface area contributed by atoms with Gasteiger partial charge < -0.3 is 14.6 Å². The largest absolute Gasteiger partial charge is 0.394 e. The van der Waals surface area contributed by atoms with Crippen LogP contribution >= 0.6 is 0 Å². The van der Waals surface area contributed by atoms with E-state index in [9.17, 15) is 14.7 Å². The molecule has 2 heterocycles. The molecule has 7 nitrogen and oxygen atoms in total. The van der Waals surface area contributed by atoms with E-state index in [1.807, 2.05) is 60.7 Å². The van der Waals surface area contributed by atoms with Gasteiger partial charge in [0.25, 0.3) is 5.56 Å². The first-order valence-electron chi connectivity index (χ1n) is 10.3. The quantitative estimate of drug-likeness (QED) is 0.631. The van der Waals surface area contributed by atoms with E-state index in [1.54, 1.807) is 6.92 Å². The van der Waals surface area contributed by atoms with E-state index >= 15 is 0 Å². The Morgan fingerprint density at radius 2 is 1.68 bits per heavy atom. The van der Waals surface area contributed by atoms with Crippen LogP contribution in [0.25, 0.3) is 0 Å². The molecule has 7 heteroatoms. The van der Waals surface area contributed by atoms with Crippen LogP contribution in [0.4, 0.5) is 0 Å². The lowest BCUT2D eigenvalue weighted by atomic mass is 10.1. The van der Waals surface area contributed by atoms with Crippen molar-refractivity contribution in [3.8, 4) is 0 Å². The van der Waals surface area contributed by atoms with Gasteiger partial charge in [0.15, 0.2) is 0 Å². The summed E-state index contributed by atoms with van der Waals surface area (Å²) in [7, 11) is 0. The average Bonchev–Trinajstić information content (AvgIpc) is 3.22. The molecule has 4 rings (SSSR count). The molecule has 162 valence electrons. The number of aryl methyl sites for hydroxylation is 1. The highest BCUT2D eigenvalue weighted by Crippen LogP contribution is 2.30. The van der Waals surface area contributed by atoms with Crippen molar-refractivity contribution in [2.75, 3.05) is 6.61 Å². The Morgan fingerprint density at radius 1 is 1.03 bits per heavy atom. The second-order valence-electron chi connectivity index (χ2n) is 7.76. The van der Waals surface area contributed by atoms with E-state index in [1.165, 1.54) is 15.3 Å². The second kappa shape index (κ2) is 9.43. The Hall–Kier alpha value is -3.00. The van der Waals surface area contributed by atoms with E-state index in [4.69, 9.17) is 9.47 Å². The fourth-order valence-electron chi connectivity index (χ4n) is 3.86. The van der Waals surface area contributed by atoms with Gasteiger partial charge in [-0.15, -0.1) is 0 Å². The Kier molecular flexibility index (Phi) is 6.46. The minimum absolute atomic E-state index is 0.185. The predicted molar refractivity (Wildman–Crippen MR) is 116 cm³/mol. The Labute approximate surface area is 180 Å². The Bertz CT molecular complexity index is 1120. The van der Waals surface area contributed by atoms with Gasteiger partial charge in [0.1, 0.15) is 12.3 Å². The molecule has 1 aliphatic rings. The first kappa shape index (κ1) is 21.2. The van der Waals surface area contributed by atoms with Gasteiger partial charge in [0.2, 0.25) is 0 Å². The molecule has 0 radical (unpaired) electrons. The van der Waals surface area contributed by atoms with Crippen LogP contribution < -0.4 is 11.2 Å². The van der Waals surface area contributed by atoms with Crippen molar-refractivity contribution in [2.45, 2.75) is 44.9 Å². The van der Waals surface area contributed by atoms with Gasteiger partial charge in [0, 0.05) is 18.2 Å². The molecule has 1 fully saturated rings. The first-order chi connectivity index (χ1) is 15.1. The highest BCUT2D eigenvalue weighted by atomic mass is 16.6. The third-order valence-electron chi connectivity index (χ3n) is 5.53. The van der Waals surface area contributed by atoms with Crippen molar-refractivity contribution in [3.63, 3.8) is 0 Å². The van der Waals surface area contributed by atoms with E-state index in [0.717, 1.165) is 11.1 Å². The topological polar surface area (TPSA) is 82.7 Å². The molecule has 0 unspecified atom stereocenters. The summed E-state index contributed by atoms with van der Waals surface area (Å²) in [4.78, 5) is 25.8. The molecule has 1 saturated heterocycles. The number of hydrogen-bond donors (Lipinski definition) is 1. The van der Waals surface area contributed by atoms with Gasteiger partial charge in [-0.05, 0) is 18.1 Å². The van der Waals surface area contributed by atoms with Crippen LogP contribution in [0.1, 0.15) is 29.3 Å². The van der Waals surface area contributed by atoms with Crippen molar-refractivity contribution < 1.29 is 14.6 Å². The number of nitrogens with zero attached hydrogens (tertiary/aromatic N) is 2. The van der Waals surface area contributed by atoms with Crippen molar-refractivity contribution in [2.24, 2.45) is 0 Å². The van der Waals surface area contributed by atoms with Crippen molar-refractivity contribution in [1.29, 1.82) is 0 Å². The molecule has 1 N–H and O–H groups in total. The number of ether oxygens (including phenoxy) is 2. The molecule has 3 atom stereocenters. The average molecular weight is 422 g/mol. The normalized spacial score (nSPS) is 20.8. The summed E-state index contributed by atoms with van der Waals surface area (Å²) in [5, 5.41) is 9.77. The number of rotatable bonds is 7. The predicted octanol–water partition coefficient (Wildman–Crippen LogP) is 2.23. The summed E-state index contributed by atoms with van der Waals surface area (Å²) >= 11 is 0. The maximum atomic E-state index is 13.2. The van der Waals surface area contributed by atoms with Crippen LogP contribution in [0.3, 0.4) is 0 Å². The SMILES string of the molecule is Cc1cn([C@@H]2C[C@@H](OCc3ccccc3)[C@H](CO)O2)c(=O)n(Cc2ccccc2)c1=O. The Morgan fingerprint density at radius 3 is 2.32 bits per heavy atom. The maximum absolute atomic E-state index is 13.2. The van der Waals surface area contributed by atoms with Crippen molar-refractivity contribution in [3.05, 3.63) is 104 Å². The molecule has 0 amide bonds. The summed E-state index contributed by atoms with van der Waals surface area (Å²) in [6.45, 7) is 2.04. The van der Waals surface area contributed by atoms with Crippen molar-refractivity contribution >= 4 is 0 Å². The van der Waals surface area contributed by atoms with Crippen LogP contribution in [-0.2, 0) is 22.6 Å². The van der Waals surface area contributed by atoms with Crippen LogP contribution in [0.5, 0.6) is 0 Å². The minimum atomic E-state index is -0.619. The molecule has 1 aliphatic heterocycles. The minimum Gasteiger partial charge on any atom is -0.394 e. The molecule has 0 saturated carbocycles. The first-order valence-corrected chi connectivity index (χ1v) is 10.3. The second-order valence-corrected chi connectivity index (χ2v) is 7.76. The highest BCUT2D eigenvalue weighted by Gasteiger charge is 2.37. The van der Waals surface area contributed by atoms with E-state index in [0.29, 0.717) is 18.6 Å². The third kappa shape index (κ3) is 4.69. The zero-order chi connectivity index (χ0) is 21.8. The molecular weight excluding hydrogens is 396 g/mol. The van der Waals surface area contributed by atoms with E-state index in [-0.39, 0.29) is 24.8 Å². The van der Waals surface area contributed by atoms with Gasteiger partial charge in [-0.3, -0.25) is 13.9 Å². The van der Waals surface area contributed by atoms with Gasteiger partial charge in [-0.1, -0.05) is 60.7 Å². The molecule has 1 aromatic heterocycles. The third-order valence-corrected chi connectivity index (χ3v) is 5.53. The highest BCUT2D eigenvalue weighted by molar-refractivity contribution is 5.16. The molecule has 0 aliphatic carbocycles. The maximum Gasteiger partial charge on any atom is 0.333 e. The zero-order valence-corrected chi connectivity index (χ0v) is 17.4. The summed E-state index contributed by atoms with van der Waals surface area (Å²) in [6.07, 6.45) is 0.408. The lowest BCUT2D eigenvalue weighted by Gasteiger charge is -2.17. The zero-order valence-electron chi connectivity index (χ0n) is 17.4. The lowest BCUT2D eigenvalue weighted by molar-refractivity contribution is -0.0660. The fourth-order valence-corrected chi connectivity index (χ4v) is 3.86. The van der Waals surface area contributed by atoms with Crippen LogP contribution in [0, 0.1) is 6.92 Å². The monoisotopic (exact) mass is 422 g/mol. The van der Waals surface area contributed by atoms with Gasteiger partial charge in [-0.2, -0.15) is 0 Å². The number of aromatic nitrogens is 2. The standard InChI is InChI=1S/C24H26N2O5/c1-17-13-25(24(29)26(23(17)28)14-18-8-4-2-5-9-18)22-12-20(21(15-27)31-22)30-16-19-10-6-3-7-11-19/h2-11,13,20-22,27H,12,14-16H2,1H3/t20-,21+,22+/m1/s1. The number of aliphatic hydroxyl groups is 1. The molecule has 0 spiro atoms. The van der Waals surface area contributed by atoms with Gasteiger partial charge in [-0.25, -0.2) is 4.79 Å². The number of aliphatic hydroxyl groups excluding tert-OH is 1. The summed E-state index contributed by atoms with van der Waals surface area (Å²) in [6, 6.07) is 19.1. The number of hydrogen-bond acceptors (Lipinski definition) is 5. The molecule has 2 aromatic carbocycles.